The number of hydrogen-bond donors (Lipinski definition) is 0. The largest absolute Gasteiger partial charge is 0.491 e. The molecule has 0 atom stereocenters. The topological polar surface area (TPSA) is 90.7 Å². The van der Waals surface area contributed by atoms with Gasteiger partial charge < -0.3 is 9.47 Å². The summed E-state index contributed by atoms with van der Waals surface area (Å²) >= 11 is 0. The zero-order valence-electron chi connectivity index (χ0n) is 21.9. The van der Waals surface area contributed by atoms with E-state index in [1.165, 1.54) is 9.47 Å². The molecular weight excluding hydrogens is 500 g/mol. The number of aryl methyl sites for hydroxylation is 1. The van der Waals surface area contributed by atoms with Crippen molar-refractivity contribution >= 4 is 22.7 Å². The van der Waals surface area contributed by atoms with Crippen molar-refractivity contribution in [2.45, 2.75) is 33.3 Å². The molecule has 0 bridgehead atoms. The van der Waals surface area contributed by atoms with Crippen LogP contribution in [0.15, 0.2) is 65.5 Å². The number of aromatic nitrogens is 2. The highest BCUT2D eigenvalue weighted by Gasteiger charge is 2.38. The summed E-state index contributed by atoms with van der Waals surface area (Å²) in [5.74, 6) is 0.386. The van der Waals surface area contributed by atoms with Crippen LogP contribution in [0, 0.1) is 6.92 Å². The van der Waals surface area contributed by atoms with Crippen LogP contribution in [0.1, 0.15) is 46.0 Å². The predicted molar refractivity (Wildman–Crippen MR) is 145 cm³/mol. The zero-order chi connectivity index (χ0) is 27.7. The van der Waals surface area contributed by atoms with Gasteiger partial charge >= 0.3 is 0 Å². The molecule has 5 rings (SSSR count). The van der Waals surface area contributed by atoms with E-state index in [2.05, 4.69) is 0 Å². The Bertz CT molecular complexity index is 1630. The summed E-state index contributed by atoms with van der Waals surface area (Å²) in [5.41, 5.74) is 2.28. The Kier molecular flexibility index (Phi) is 7.15. The quantitative estimate of drug-likeness (QED) is 0.293. The number of benzene rings is 3. The summed E-state index contributed by atoms with van der Waals surface area (Å²) in [7, 11) is 0. The summed E-state index contributed by atoms with van der Waals surface area (Å²) in [4.78, 5) is 46.1. The van der Waals surface area contributed by atoms with Crippen molar-refractivity contribution in [3.63, 3.8) is 0 Å². The van der Waals surface area contributed by atoms with Crippen molar-refractivity contribution in [2.24, 2.45) is 0 Å². The van der Waals surface area contributed by atoms with E-state index in [0.717, 1.165) is 5.56 Å². The van der Waals surface area contributed by atoms with E-state index in [-0.39, 0.29) is 36.8 Å². The molecule has 2 amide bonds. The van der Waals surface area contributed by atoms with Crippen LogP contribution in [0.2, 0.25) is 0 Å². The van der Waals surface area contributed by atoms with Gasteiger partial charge in [-0.25, -0.2) is 9.37 Å². The Balaban J connectivity index is 1.51. The number of hydrogen-bond acceptors (Lipinski definition) is 6. The fourth-order valence-corrected chi connectivity index (χ4v) is 4.69. The molecule has 0 saturated heterocycles. The van der Waals surface area contributed by atoms with E-state index in [9.17, 15) is 18.8 Å². The second-order valence-electron chi connectivity index (χ2n) is 9.58. The highest BCUT2D eigenvalue weighted by atomic mass is 18.2. The molecule has 0 fully saturated rings. The van der Waals surface area contributed by atoms with Gasteiger partial charge in [0.1, 0.15) is 30.6 Å². The van der Waals surface area contributed by atoms with Crippen molar-refractivity contribution in [1.82, 2.24) is 14.5 Å². The van der Waals surface area contributed by atoms with Crippen LogP contribution in [-0.4, -0.2) is 52.2 Å². The Hall–Kier alpha value is -4.53. The molecule has 8 nitrogen and oxygen atoms in total. The Labute approximate surface area is 224 Å². The molecular formula is C30H28FN3O5. The highest BCUT2D eigenvalue weighted by molar-refractivity contribution is 6.22. The smallest absolute Gasteiger partial charge is 0.265 e. The van der Waals surface area contributed by atoms with Crippen LogP contribution in [0.4, 0.5) is 4.39 Å². The molecule has 0 radical (unpaired) electrons. The first-order chi connectivity index (χ1) is 18.8. The molecule has 0 saturated carbocycles. The first-order valence-electron chi connectivity index (χ1n) is 12.8. The summed E-state index contributed by atoms with van der Waals surface area (Å²) in [6.07, 6.45) is -0.0210. The summed E-state index contributed by atoms with van der Waals surface area (Å²) < 4.78 is 25.1. The Morgan fingerprint density at radius 3 is 2.46 bits per heavy atom. The maximum atomic E-state index is 13.6. The van der Waals surface area contributed by atoms with Gasteiger partial charge in [-0.3, -0.25) is 23.9 Å². The molecule has 9 heteroatoms. The average molecular weight is 529 g/mol. The highest BCUT2D eigenvalue weighted by Crippen LogP contribution is 2.32. The van der Waals surface area contributed by atoms with Crippen LogP contribution < -0.4 is 15.0 Å². The van der Waals surface area contributed by atoms with E-state index in [1.807, 2.05) is 32.9 Å². The van der Waals surface area contributed by atoms with Gasteiger partial charge in [-0.2, -0.15) is 0 Å². The molecule has 3 aromatic carbocycles. The predicted octanol–water partition coefficient (Wildman–Crippen LogP) is 4.67. The van der Waals surface area contributed by atoms with Crippen LogP contribution in [0.25, 0.3) is 16.6 Å². The third-order valence-corrected chi connectivity index (χ3v) is 6.42. The number of carbonyl (C=O) groups is 2. The molecule has 1 aliphatic heterocycles. The lowest BCUT2D eigenvalue weighted by Gasteiger charge is -2.18. The fraction of sp³-hybridized carbons (Fsp3) is 0.267. The molecule has 0 spiro atoms. The molecule has 2 heterocycles. The molecule has 1 aromatic heterocycles. The second kappa shape index (κ2) is 10.7. The number of rotatable bonds is 9. The third-order valence-electron chi connectivity index (χ3n) is 6.42. The Morgan fingerprint density at radius 1 is 0.974 bits per heavy atom. The molecule has 4 aromatic rings. The second-order valence-corrected chi connectivity index (χ2v) is 9.58. The van der Waals surface area contributed by atoms with E-state index in [1.54, 1.807) is 48.5 Å². The number of amides is 2. The number of halogens is 1. The van der Waals surface area contributed by atoms with Crippen LogP contribution in [0.3, 0.4) is 0 Å². The number of fused-ring (bicyclic) bond motifs is 2. The van der Waals surface area contributed by atoms with Crippen molar-refractivity contribution in [1.29, 1.82) is 0 Å². The van der Waals surface area contributed by atoms with Crippen LogP contribution in [0.5, 0.6) is 11.5 Å². The van der Waals surface area contributed by atoms with Gasteiger partial charge in [0.2, 0.25) is 0 Å². The van der Waals surface area contributed by atoms with Gasteiger partial charge in [0, 0.05) is 13.0 Å². The Morgan fingerprint density at radius 2 is 1.74 bits per heavy atom. The number of ether oxygens (including phenoxy) is 2. The maximum absolute atomic E-state index is 13.6. The third kappa shape index (κ3) is 4.99. The van der Waals surface area contributed by atoms with Crippen molar-refractivity contribution < 1.29 is 23.5 Å². The van der Waals surface area contributed by atoms with Gasteiger partial charge in [0.25, 0.3) is 17.4 Å². The number of nitrogens with zero attached hydrogens (tertiary/aromatic N) is 3. The van der Waals surface area contributed by atoms with Crippen LogP contribution >= 0.6 is 0 Å². The molecule has 0 aliphatic carbocycles. The molecule has 39 heavy (non-hydrogen) atoms. The van der Waals surface area contributed by atoms with Gasteiger partial charge in [-0.15, -0.1) is 0 Å². The van der Waals surface area contributed by atoms with E-state index in [4.69, 9.17) is 14.5 Å². The first kappa shape index (κ1) is 26.1. The summed E-state index contributed by atoms with van der Waals surface area (Å²) in [5, 5.41) is 0.443. The molecule has 0 unspecified atom stereocenters. The summed E-state index contributed by atoms with van der Waals surface area (Å²) in [6, 6.07) is 17.1. The lowest BCUT2D eigenvalue weighted by Crippen LogP contribution is -2.33. The van der Waals surface area contributed by atoms with Gasteiger partial charge in [0.15, 0.2) is 0 Å². The minimum Gasteiger partial charge on any atom is -0.491 e. The van der Waals surface area contributed by atoms with Crippen molar-refractivity contribution in [2.75, 3.05) is 19.8 Å². The fourth-order valence-electron chi connectivity index (χ4n) is 4.69. The van der Waals surface area contributed by atoms with E-state index >= 15 is 0 Å². The lowest BCUT2D eigenvalue weighted by molar-refractivity contribution is 0.0654. The normalized spacial score (nSPS) is 12.9. The number of imide groups is 1. The van der Waals surface area contributed by atoms with E-state index < -0.39 is 18.5 Å². The zero-order valence-corrected chi connectivity index (χ0v) is 21.9. The first-order valence-corrected chi connectivity index (χ1v) is 12.8. The standard InChI is InChI=1S/C30H28FN3O5/c1-18(2)39-25-6-4-5-23-27(25)30(37)33(28(23)35)15-13-26-32-24-17-19(3)7-12-22(24)29(36)34(26)20-8-10-21(11-9-20)38-16-14-31/h4-12,17-18H,13-16H2,1-3H3/i31-1. The number of carbonyl (C=O) groups excluding carboxylic acids is 2. The van der Waals surface area contributed by atoms with Gasteiger partial charge in [-0.05, 0) is 74.9 Å². The SMILES string of the molecule is Cc1ccc2c(=O)n(-c3ccc(OCC[18F])cc3)c(CCN3C(=O)c4cccc(OC(C)C)c4C3=O)nc2c1. The average Bonchev–Trinajstić information content (AvgIpc) is 3.16. The van der Waals surface area contributed by atoms with Crippen LogP contribution in [-0.2, 0) is 6.42 Å². The van der Waals surface area contributed by atoms with Crippen molar-refractivity contribution in [3.05, 3.63) is 93.5 Å². The van der Waals surface area contributed by atoms with E-state index in [0.29, 0.717) is 39.5 Å². The lowest BCUT2D eigenvalue weighted by atomic mass is 10.1. The molecule has 1 aliphatic rings. The monoisotopic (exact) mass is 528 g/mol. The molecule has 0 N–H and O–H groups in total. The number of alkyl halides is 1. The van der Waals surface area contributed by atoms with Gasteiger partial charge in [0.05, 0.1) is 33.8 Å². The van der Waals surface area contributed by atoms with Gasteiger partial charge in [-0.1, -0.05) is 12.1 Å². The maximum Gasteiger partial charge on any atom is 0.265 e. The minimum atomic E-state index is -0.609. The van der Waals surface area contributed by atoms with Crippen molar-refractivity contribution in [3.8, 4) is 17.2 Å². The summed E-state index contributed by atoms with van der Waals surface area (Å²) in [6.45, 7) is 4.97. The molecule has 200 valence electrons. The minimum absolute atomic E-state index is 0.0227.